The Morgan fingerprint density at radius 3 is 2.29 bits per heavy atom. The van der Waals surface area contributed by atoms with Crippen molar-refractivity contribution in [2.24, 2.45) is 10.7 Å². The van der Waals surface area contributed by atoms with E-state index in [2.05, 4.69) is 10.4 Å². The summed E-state index contributed by atoms with van der Waals surface area (Å²) >= 11 is 0. The molecule has 51 heavy (non-hydrogen) atoms. The van der Waals surface area contributed by atoms with E-state index in [-0.39, 0.29) is 34.4 Å². The first-order valence-electron chi connectivity index (χ1n) is 15.6. The Kier molecular flexibility index (Phi) is 11.6. The highest BCUT2D eigenvalue weighted by atomic mass is 32.2. The molecule has 2 atom stereocenters. The number of hydrogen-bond acceptors (Lipinski definition) is 11. The predicted molar refractivity (Wildman–Crippen MR) is 172 cm³/mol. The third-order valence-corrected chi connectivity index (χ3v) is 8.85. The number of sulfonamides is 1. The third-order valence-electron chi connectivity index (χ3n) is 7.46. The van der Waals surface area contributed by atoms with E-state index in [0.29, 0.717) is 12.0 Å². The van der Waals surface area contributed by atoms with Gasteiger partial charge < -0.3 is 14.7 Å². The van der Waals surface area contributed by atoms with Crippen molar-refractivity contribution in [2.45, 2.75) is 77.3 Å². The molecule has 2 aromatic carbocycles. The summed E-state index contributed by atoms with van der Waals surface area (Å²) < 4.78 is 79.3. The molecule has 1 fully saturated rings. The van der Waals surface area contributed by atoms with Crippen LogP contribution in [0.1, 0.15) is 58.2 Å². The highest BCUT2D eigenvalue weighted by Crippen LogP contribution is 2.33. The number of ether oxygens (including phenoxy) is 2. The number of aryl methyl sites for hydroxylation is 1. The maximum Gasteiger partial charge on any atom is 0.435 e. The number of rotatable bonds is 13. The van der Waals surface area contributed by atoms with Crippen LogP contribution in [-0.4, -0.2) is 71.5 Å². The minimum atomic E-state index is -4.73. The van der Waals surface area contributed by atoms with Crippen molar-refractivity contribution < 1.29 is 55.3 Å². The van der Waals surface area contributed by atoms with Crippen LogP contribution >= 0.6 is 0 Å². The first kappa shape index (κ1) is 38.6. The molecule has 1 aliphatic rings. The van der Waals surface area contributed by atoms with E-state index in [4.69, 9.17) is 14.3 Å². The number of esters is 2. The fourth-order valence-corrected chi connectivity index (χ4v) is 5.49. The molecule has 3 aromatic rings. The average Bonchev–Trinajstić information content (AvgIpc) is 3.49. The zero-order chi connectivity index (χ0) is 37.7. The highest BCUT2D eigenvalue weighted by Gasteiger charge is 2.37. The van der Waals surface area contributed by atoms with Gasteiger partial charge in [0.15, 0.2) is 5.69 Å². The van der Waals surface area contributed by atoms with E-state index in [1.807, 2.05) is 11.6 Å². The number of hydrogen-bond donors (Lipinski definition) is 1. The molecule has 1 amide bonds. The number of aromatic nitrogens is 2. The minimum Gasteiger partial charge on any atom is -0.569 e. The summed E-state index contributed by atoms with van der Waals surface area (Å²) in [7, 11) is -4.41. The van der Waals surface area contributed by atoms with Gasteiger partial charge in [0.25, 0.3) is 16.3 Å². The van der Waals surface area contributed by atoms with Crippen molar-refractivity contribution in [1.82, 2.24) is 19.5 Å². The lowest BCUT2D eigenvalue weighted by Crippen LogP contribution is -2.53. The van der Waals surface area contributed by atoms with E-state index in [1.165, 1.54) is 24.1 Å². The van der Waals surface area contributed by atoms with Crippen molar-refractivity contribution in [3.63, 3.8) is 0 Å². The zero-order valence-electron chi connectivity index (χ0n) is 28.3. The molecule has 19 heteroatoms. The van der Waals surface area contributed by atoms with Crippen molar-refractivity contribution in [3.05, 3.63) is 71.1 Å². The lowest BCUT2D eigenvalue weighted by molar-refractivity contribution is -0.734. The van der Waals surface area contributed by atoms with E-state index in [1.54, 1.807) is 45.0 Å². The van der Waals surface area contributed by atoms with Gasteiger partial charge in [0.1, 0.15) is 12.6 Å². The molecular formula is C32H37F3N6O9S. The lowest BCUT2D eigenvalue weighted by atomic mass is 9.97. The smallest absolute Gasteiger partial charge is 0.435 e. The molecule has 0 aliphatic carbocycles. The van der Waals surface area contributed by atoms with Gasteiger partial charge in [0.2, 0.25) is 11.2 Å². The Balaban J connectivity index is 1.28. The van der Waals surface area contributed by atoms with Gasteiger partial charge >= 0.3 is 18.1 Å². The monoisotopic (exact) mass is 738 g/mol. The molecule has 15 nitrogen and oxygen atoms in total. The second-order valence-corrected chi connectivity index (χ2v) is 14.3. The van der Waals surface area contributed by atoms with Crippen molar-refractivity contribution >= 4 is 27.9 Å². The number of carbonyl (C=O) groups excluding carboxylic acids is 3. The number of hydrazine groups is 1. The zero-order valence-corrected chi connectivity index (χ0v) is 29.2. The summed E-state index contributed by atoms with van der Waals surface area (Å²) in [6.07, 6.45) is -6.39. The Labute approximate surface area is 291 Å². The van der Waals surface area contributed by atoms with Crippen LogP contribution in [0.3, 0.4) is 0 Å². The number of amides is 1. The molecule has 1 saturated heterocycles. The third kappa shape index (κ3) is 10.2. The maximum absolute atomic E-state index is 13.5. The highest BCUT2D eigenvalue weighted by molar-refractivity contribution is 7.90. The summed E-state index contributed by atoms with van der Waals surface area (Å²) in [5, 5.41) is 20.5. The molecule has 1 aromatic heterocycles. The summed E-state index contributed by atoms with van der Waals surface area (Å²) in [6, 6.07) is 11.8. The molecule has 4 rings (SSSR count). The second-order valence-electron chi connectivity index (χ2n) is 12.7. The summed E-state index contributed by atoms with van der Waals surface area (Å²) in [6.45, 7) is 8.21. The normalized spacial score (nSPS) is 15.8. The number of carbonyl (C=O) groups is 3. The molecule has 276 valence electrons. The van der Waals surface area contributed by atoms with Gasteiger partial charge in [-0.05, 0) is 64.4 Å². The number of halogens is 3. The fraction of sp³-hybridized carbons (Fsp3) is 0.438. The van der Waals surface area contributed by atoms with Gasteiger partial charge in [-0.1, -0.05) is 29.8 Å². The fourth-order valence-electron chi connectivity index (χ4n) is 4.47. The minimum absolute atomic E-state index is 0.128. The number of benzene rings is 2. The Bertz CT molecular complexity index is 1870. The summed E-state index contributed by atoms with van der Waals surface area (Å²) in [5.41, 5.74) is -0.299. The molecule has 2 heterocycles. The van der Waals surface area contributed by atoms with Gasteiger partial charge in [-0.2, -0.15) is 18.3 Å². The number of nitrogens with one attached hydrogen (secondary N) is 1. The molecule has 1 N–H and O–H groups in total. The van der Waals surface area contributed by atoms with Crippen LogP contribution in [0.2, 0.25) is 0 Å². The Hall–Kier alpha value is -5.20. The largest absolute Gasteiger partial charge is 0.569 e. The van der Waals surface area contributed by atoms with Gasteiger partial charge in [-0.3, -0.25) is 19.2 Å². The van der Waals surface area contributed by atoms with Crippen molar-refractivity contribution in [3.8, 4) is 16.9 Å². The first-order valence-corrected chi connectivity index (χ1v) is 17.1. The molecule has 1 unspecified atom stereocenters. The predicted octanol–water partition coefficient (Wildman–Crippen LogP) is 4.81. The van der Waals surface area contributed by atoms with E-state index >= 15 is 0 Å². The number of alkyl halides is 3. The average molecular weight is 739 g/mol. The summed E-state index contributed by atoms with van der Waals surface area (Å²) in [4.78, 5) is 41.3. The van der Waals surface area contributed by atoms with E-state index in [9.17, 15) is 41.2 Å². The van der Waals surface area contributed by atoms with Gasteiger partial charge in [-0.25, -0.2) is 17.8 Å². The molecule has 0 bridgehead atoms. The van der Waals surface area contributed by atoms with Crippen molar-refractivity contribution in [2.75, 3.05) is 13.2 Å². The quantitative estimate of drug-likeness (QED) is 0.0834. The van der Waals surface area contributed by atoms with Crippen LogP contribution in [0.15, 0.2) is 64.8 Å². The molecule has 0 spiro atoms. The van der Waals surface area contributed by atoms with Crippen LogP contribution in [0.4, 0.5) is 13.2 Å². The van der Waals surface area contributed by atoms with Crippen LogP contribution < -0.4 is 4.72 Å². The van der Waals surface area contributed by atoms with Crippen molar-refractivity contribution in [1.29, 1.82) is 0 Å². The standard InChI is InChI=1S/C32H37F3N6O9S/c1-20-6-8-22(9-7-20)26-18-27(32(33,34)35)36-40(26)23-10-12-25(13-11-23)51(46,47)37-28(42)14-15-29(43)48-19-24-16-17-39(24)41(45)38-50-21(2)49-30(44)31(3,4)5/h6-13,18,21,24H,14-17,19H2,1-5H3,(H,37,42)/b41-38-/t21?,24-/m0/s1. The maximum atomic E-state index is 13.5. The Morgan fingerprint density at radius 1 is 1.08 bits per heavy atom. The van der Waals surface area contributed by atoms with Gasteiger partial charge in [0.05, 0.1) is 39.6 Å². The van der Waals surface area contributed by atoms with E-state index < -0.39 is 70.3 Å². The van der Waals surface area contributed by atoms with Gasteiger partial charge in [0, 0.05) is 18.9 Å². The Morgan fingerprint density at radius 2 is 1.73 bits per heavy atom. The van der Waals surface area contributed by atoms with Crippen LogP contribution in [0.5, 0.6) is 0 Å². The van der Waals surface area contributed by atoms with E-state index in [0.717, 1.165) is 28.4 Å². The number of nitrogens with zero attached hydrogens (tertiary/aromatic N) is 5. The summed E-state index contributed by atoms with van der Waals surface area (Å²) in [5.74, 6) is -2.38. The molecule has 1 aliphatic heterocycles. The van der Waals surface area contributed by atoms with Crippen LogP contribution in [0.25, 0.3) is 16.9 Å². The molecular weight excluding hydrogens is 701 g/mol. The van der Waals surface area contributed by atoms with Crippen LogP contribution in [-0.2, 0) is 44.9 Å². The van der Waals surface area contributed by atoms with Gasteiger partial charge in [-0.15, -0.1) is 5.01 Å². The SMILES string of the molecule is Cc1ccc(-c2cc(C(F)(F)F)nn2-c2ccc(S(=O)(=O)NC(=O)CCC(=O)OC[C@@H]3CCN3/[N+]([O-])=N/OC(C)OC(=O)C(C)(C)C)cc2)cc1. The molecule has 0 saturated carbocycles. The molecule has 0 radical (unpaired) electrons. The van der Waals surface area contributed by atoms with Crippen LogP contribution in [0, 0.1) is 17.5 Å². The topological polar surface area (TPSA) is 185 Å². The second kappa shape index (κ2) is 15.4. The first-order chi connectivity index (χ1) is 23.7. The lowest BCUT2D eigenvalue weighted by Gasteiger charge is -2.34.